The van der Waals surface area contributed by atoms with E-state index in [4.69, 9.17) is 21.1 Å². The molecule has 19 heavy (non-hydrogen) atoms. The summed E-state index contributed by atoms with van der Waals surface area (Å²) >= 11 is 5.93. The number of ether oxygens (including phenoxy) is 2. The van der Waals surface area contributed by atoms with Crippen molar-refractivity contribution in [2.75, 3.05) is 33.5 Å². The summed E-state index contributed by atoms with van der Waals surface area (Å²) in [6, 6.07) is 7.40. The van der Waals surface area contributed by atoms with E-state index < -0.39 is 0 Å². The molecular weight excluding hydrogens is 266 g/mol. The number of hydrogen-bond acceptors (Lipinski definition) is 3. The Morgan fingerprint density at radius 1 is 1.58 bits per heavy atom. The van der Waals surface area contributed by atoms with Crippen molar-refractivity contribution in [2.24, 2.45) is 0 Å². The number of morpholine rings is 1. The second kappa shape index (κ2) is 6.89. The molecule has 1 saturated heterocycles. The Balaban J connectivity index is 2.01. The highest BCUT2D eigenvalue weighted by atomic mass is 35.5. The molecule has 0 radical (unpaired) electrons. The van der Waals surface area contributed by atoms with Gasteiger partial charge in [0.2, 0.25) is 5.91 Å². The monoisotopic (exact) mass is 283 g/mol. The Kier molecular flexibility index (Phi) is 5.19. The Morgan fingerprint density at radius 3 is 3.16 bits per heavy atom. The van der Waals surface area contributed by atoms with Crippen molar-refractivity contribution >= 4 is 17.5 Å². The summed E-state index contributed by atoms with van der Waals surface area (Å²) in [7, 11) is 1.63. The van der Waals surface area contributed by atoms with Gasteiger partial charge in [-0.2, -0.15) is 0 Å². The van der Waals surface area contributed by atoms with E-state index in [1.165, 1.54) is 0 Å². The number of amides is 1. The van der Waals surface area contributed by atoms with Gasteiger partial charge in [0.15, 0.2) is 0 Å². The van der Waals surface area contributed by atoms with E-state index in [9.17, 15) is 4.79 Å². The Bertz CT molecular complexity index is 436. The minimum atomic E-state index is 0.00503. The maximum Gasteiger partial charge on any atom is 0.227 e. The number of nitrogens with zero attached hydrogens (tertiary/aromatic N) is 1. The quantitative estimate of drug-likeness (QED) is 0.845. The molecule has 0 aliphatic carbocycles. The Labute approximate surface area is 118 Å². The van der Waals surface area contributed by atoms with E-state index >= 15 is 0 Å². The van der Waals surface area contributed by atoms with Crippen LogP contribution in [0.15, 0.2) is 24.3 Å². The molecule has 0 aromatic heterocycles. The third-order valence-electron chi connectivity index (χ3n) is 3.15. The van der Waals surface area contributed by atoms with Gasteiger partial charge in [-0.25, -0.2) is 0 Å². The van der Waals surface area contributed by atoms with Gasteiger partial charge in [0.25, 0.3) is 0 Å². The lowest BCUT2D eigenvalue weighted by atomic mass is 10.1. The van der Waals surface area contributed by atoms with Crippen LogP contribution in [0.5, 0.6) is 0 Å². The van der Waals surface area contributed by atoms with Crippen molar-refractivity contribution in [3.05, 3.63) is 34.9 Å². The second-order valence-corrected chi connectivity index (χ2v) is 5.01. The van der Waals surface area contributed by atoms with Crippen LogP contribution in [0.1, 0.15) is 5.56 Å². The van der Waals surface area contributed by atoms with Crippen LogP contribution in [0.25, 0.3) is 0 Å². The summed E-state index contributed by atoms with van der Waals surface area (Å²) in [6.45, 7) is 2.24. The van der Waals surface area contributed by atoms with Crippen LogP contribution in [0.2, 0.25) is 5.02 Å². The molecule has 4 nitrogen and oxygen atoms in total. The van der Waals surface area contributed by atoms with Gasteiger partial charge in [-0.1, -0.05) is 23.7 Å². The standard InChI is InChI=1S/C14H18ClNO3/c1-18-9-13-10-19-6-5-16(13)14(17)8-11-3-2-4-12(15)7-11/h2-4,7,13H,5-6,8-10H2,1H3. The number of halogens is 1. The van der Waals surface area contributed by atoms with Gasteiger partial charge in [0.05, 0.1) is 32.3 Å². The van der Waals surface area contributed by atoms with Crippen LogP contribution in [-0.2, 0) is 20.7 Å². The lowest BCUT2D eigenvalue weighted by Crippen LogP contribution is -2.51. The smallest absolute Gasteiger partial charge is 0.227 e. The number of carbonyl (C=O) groups is 1. The zero-order valence-corrected chi connectivity index (χ0v) is 11.7. The third-order valence-corrected chi connectivity index (χ3v) is 3.39. The van der Waals surface area contributed by atoms with Gasteiger partial charge in [0.1, 0.15) is 0 Å². The van der Waals surface area contributed by atoms with Gasteiger partial charge in [-0.05, 0) is 17.7 Å². The molecule has 5 heteroatoms. The van der Waals surface area contributed by atoms with Gasteiger partial charge in [0, 0.05) is 18.7 Å². The molecule has 1 aromatic carbocycles. The van der Waals surface area contributed by atoms with Gasteiger partial charge in [-0.3, -0.25) is 4.79 Å². The van der Waals surface area contributed by atoms with Crippen LogP contribution >= 0.6 is 11.6 Å². The summed E-state index contributed by atoms with van der Waals surface area (Å²) in [4.78, 5) is 14.2. The Morgan fingerprint density at radius 2 is 2.42 bits per heavy atom. The molecule has 1 fully saturated rings. The SMILES string of the molecule is COCC1COCCN1C(=O)Cc1cccc(Cl)c1. The van der Waals surface area contributed by atoms with Crippen LogP contribution in [-0.4, -0.2) is 50.3 Å². The van der Waals surface area contributed by atoms with Gasteiger partial charge >= 0.3 is 0 Å². The molecule has 1 atom stereocenters. The first-order chi connectivity index (χ1) is 9.20. The van der Waals surface area contributed by atoms with E-state index in [0.29, 0.717) is 37.8 Å². The second-order valence-electron chi connectivity index (χ2n) is 4.58. The van der Waals surface area contributed by atoms with Crippen molar-refractivity contribution < 1.29 is 14.3 Å². The van der Waals surface area contributed by atoms with E-state index in [-0.39, 0.29) is 11.9 Å². The normalized spacial score (nSPS) is 19.5. The van der Waals surface area contributed by atoms with E-state index in [0.717, 1.165) is 5.56 Å². The molecule has 1 amide bonds. The minimum Gasteiger partial charge on any atom is -0.382 e. The fraction of sp³-hybridized carbons (Fsp3) is 0.500. The number of rotatable bonds is 4. The first-order valence-electron chi connectivity index (χ1n) is 6.31. The molecular formula is C14H18ClNO3. The predicted octanol–water partition coefficient (Wildman–Crippen LogP) is 1.76. The van der Waals surface area contributed by atoms with E-state index in [1.54, 1.807) is 13.2 Å². The molecule has 1 heterocycles. The maximum atomic E-state index is 12.3. The first-order valence-corrected chi connectivity index (χ1v) is 6.69. The lowest BCUT2D eigenvalue weighted by molar-refractivity contribution is -0.141. The van der Waals surface area contributed by atoms with Crippen molar-refractivity contribution in [2.45, 2.75) is 12.5 Å². The molecule has 2 rings (SSSR count). The summed E-state index contributed by atoms with van der Waals surface area (Å²) in [5, 5.41) is 0.653. The predicted molar refractivity (Wildman–Crippen MR) is 73.4 cm³/mol. The molecule has 1 aliphatic heterocycles. The zero-order valence-electron chi connectivity index (χ0n) is 11.0. The van der Waals surface area contributed by atoms with E-state index in [1.807, 2.05) is 23.1 Å². The lowest BCUT2D eigenvalue weighted by Gasteiger charge is -2.35. The minimum absolute atomic E-state index is 0.00503. The topological polar surface area (TPSA) is 38.8 Å². The molecule has 0 bridgehead atoms. The number of hydrogen-bond donors (Lipinski definition) is 0. The summed E-state index contributed by atoms with van der Waals surface area (Å²) < 4.78 is 10.5. The van der Waals surface area contributed by atoms with Crippen molar-refractivity contribution in [3.63, 3.8) is 0 Å². The molecule has 0 spiro atoms. The third kappa shape index (κ3) is 3.93. The first kappa shape index (κ1) is 14.3. The van der Waals surface area contributed by atoms with Gasteiger partial charge in [-0.15, -0.1) is 0 Å². The molecule has 104 valence electrons. The highest BCUT2D eigenvalue weighted by Crippen LogP contribution is 2.14. The van der Waals surface area contributed by atoms with Gasteiger partial charge < -0.3 is 14.4 Å². The summed E-state index contributed by atoms with van der Waals surface area (Å²) in [5.74, 6) is 0.0904. The fourth-order valence-electron chi connectivity index (χ4n) is 2.24. The van der Waals surface area contributed by atoms with Crippen LogP contribution < -0.4 is 0 Å². The molecule has 1 aliphatic rings. The average Bonchev–Trinajstić information content (AvgIpc) is 2.39. The molecule has 1 unspecified atom stereocenters. The van der Waals surface area contributed by atoms with Crippen LogP contribution in [0.4, 0.5) is 0 Å². The number of methoxy groups -OCH3 is 1. The Hall–Kier alpha value is -1.10. The highest BCUT2D eigenvalue weighted by Gasteiger charge is 2.27. The van der Waals surface area contributed by atoms with Crippen LogP contribution in [0.3, 0.4) is 0 Å². The largest absolute Gasteiger partial charge is 0.382 e. The van der Waals surface area contributed by atoms with Crippen molar-refractivity contribution in [1.29, 1.82) is 0 Å². The number of benzene rings is 1. The zero-order chi connectivity index (χ0) is 13.7. The average molecular weight is 284 g/mol. The summed E-state index contributed by atoms with van der Waals surface area (Å²) in [6.07, 6.45) is 0.362. The molecule has 0 N–H and O–H groups in total. The fourth-order valence-corrected chi connectivity index (χ4v) is 2.45. The number of carbonyl (C=O) groups excluding carboxylic acids is 1. The maximum absolute atomic E-state index is 12.3. The van der Waals surface area contributed by atoms with Crippen molar-refractivity contribution in [3.8, 4) is 0 Å². The van der Waals surface area contributed by atoms with Crippen LogP contribution in [0, 0.1) is 0 Å². The molecule has 1 aromatic rings. The highest BCUT2D eigenvalue weighted by molar-refractivity contribution is 6.30. The molecule has 0 saturated carbocycles. The summed E-state index contributed by atoms with van der Waals surface area (Å²) in [5.41, 5.74) is 0.931. The van der Waals surface area contributed by atoms with Crippen molar-refractivity contribution in [1.82, 2.24) is 4.90 Å². The van der Waals surface area contributed by atoms with E-state index in [2.05, 4.69) is 0 Å².